The number of hydrogen-bond acceptors (Lipinski definition) is 1. The second-order valence-electron chi connectivity index (χ2n) is 18.3. The van der Waals surface area contributed by atoms with Crippen molar-refractivity contribution in [3.63, 3.8) is 0 Å². The van der Waals surface area contributed by atoms with Crippen LogP contribution in [0.2, 0.25) is 0 Å². The Kier molecular flexibility index (Phi) is 9.70. The van der Waals surface area contributed by atoms with Gasteiger partial charge in [0.2, 0.25) is 0 Å². The van der Waals surface area contributed by atoms with E-state index in [1.165, 1.54) is 89.0 Å². The summed E-state index contributed by atoms with van der Waals surface area (Å²) >= 11 is 0. The molecule has 13 rings (SSSR count). The zero-order valence-corrected chi connectivity index (χ0v) is 38.1. The summed E-state index contributed by atoms with van der Waals surface area (Å²) in [6.45, 7) is 0. The molecule has 0 radical (unpaired) electrons. The standard InChI is InChI=1S/C68H47N/c1-5-19-48(20-6-1)50-33-40-56(41-34-50)69(57-42-35-51(36-43-57)49-21-7-2-8-22-49)58-44-37-52(38-45-58)53-39-46-62-60(47-53)59-27-13-14-28-61(59)68(62)65-31-17-15-29-63(65)67(54-23-9-3-10-24-54,55-25-11-4-12-26-55)64-30-16-18-32-66(64)68/h1-47H. The quantitative estimate of drug-likeness (QED) is 0.147. The first-order valence-electron chi connectivity index (χ1n) is 24.0. The van der Waals surface area contributed by atoms with Crippen molar-refractivity contribution in [1.82, 2.24) is 0 Å². The lowest BCUT2D eigenvalue weighted by atomic mass is 9.51. The molecule has 0 saturated heterocycles. The molecule has 2 aliphatic rings. The first-order valence-corrected chi connectivity index (χ1v) is 24.0. The molecule has 324 valence electrons. The molecular formula is C68H47N. The predicted octanol–water partition coefficient (Wildman–Crippen LogP) is 17.2. The van der Waals surface area contributed by atoms with Gasteiger partial charge in [0.05, 0.1) is 10.8 Å². The summed E-state index contributed by atoms with van der Waals surface area (Å²) in [6, 6.07) is 105. The maximum atomic E-state index is 2.45. The number of anilines is 3. The van der Waals surface area contributed by atoms with Crippen molar-refractivity contribution in [3.8, 4) is 44.5 Å². The first-order chi connectivity index (χ1) is 34.2. The minimum Gasteiger partial charge on any atom is -0.311 e. The molecule has 11 aromatic rings. The number of rotatable bonds is 8. The fourth-order valence-corrected chi connectivity index (χ4v) is 11.9. The average Bonchev–Trinajstić information content (AvgIpc) is 3.73. The van der Waals surface area contributed by atoms with E-state index >= 15 is 0 Å². The van der Waals surface area contributed by atoms with Crippen molar-refractivity contribution in [3.05, 3.63) is 330 Å². The van der Waals surface area contributed by atoms with Gasteiger partial charge in [0.15, 0.2) is 0 Å². The molecule has 2 aliphatic carbocycles. The molecule has 1 nitrogen and oxygen atoms in total. The van der Waals surface area contributed by atoms with Gasteiger partial charge in [0.25, 0.3) is 0 Å². The predicted molar refractivity (Wildman–Crippen MR) is 287 cm³/mol. The highest BCUT2D eigenvalue weighted by Crippen LogP contribution is 2.64. The Bertz CT molecular complexity index is 3440. The summed E-state index contributed by atoms with van der Waals surface area (Å²) < 4.78 is 0. The van der Waals surface area contributed by atoms with Gasteiger partial charge in [-0.3, -0.25) is 0 Å². The third-order valence-corrected chi connectivity index (χ3v) is 14.9. The van der Waals surface area contributed by atoms with Crippen LogP contribution in [0.1, 0.15) is 44.5 Å². The molecule has 0 saturated carbocycles. The Hall–Kier alpha value is -8.78. The van der Waals surface area contributed by atoms with E-state index in [0.717, 1.165) is 17.1 Å². The van der Waals surface area contributed by atoms with Gasteiger partial charge >= 0.3 is 0 Å². The summed E-state index contributed by atoms with van der Waals surface area (Å²) in [5.74, 6) is 0. The average molecular weight is 878 g/mol. The summed E-state index contributed by atoms with van der Waals surface area (Å²) in [4.78, 5) is 2.36. The van der Waals surface area contributed by atoms with E-state index < -0.39 is 10.8 Å². The molecule has 11 aromatic carbocycles. The largest absolute Gasteiger partial charge is 0.311 e. The number of fused-ring (bicyclic) bond motifs is 9. The SMILES string of the molecule is c1ccc(-c2ccc(N(c3ccc(-c4ccccc4)cc3)c3ccc(-c4ccc5c(c4)-c4ccccc4C54c5ccccc5C(c5ccccc5)(c5ccccc5)c5ccccc54)cc3)cc2)cc1. The normalized spacial score (nSPS) is 13.4. The second-order valence-corrected chi connectivity index (χ2v) is 18.3. The Labute approximate surface area is 404 Å². The minimum absolute atomic E-state index is 0.526. The van der Waals surface area contributed by atoms with Crippen LogP contribution in [-0.2, 0) is 10.8 Å². The molecule has 0 fully saturated rings. The van der Waals surface area contributed by atoms with Crippen molar-refractivity contribution in [2.45, 2.75) is 10.8 Å². The van der Waals surface area contributed by atoms with E-state index in [9.17, 15) is 0 Å². The molecular weight excluding hydrogens is 831 g/mol. The monoisotopic (exact) mass is 877 g/mol. The van der Waals surface area contributed by atoms with E-state index in [2.05, 4.69) is 290 Å². The molecule has 1 heteroatoms. The van der Waals surface area contributed by atoms with Gasteiger partial charge in [-0.25, -0.2) is 0 Å². The summed E-state index contributed by atoms with van der Waals surface area (Å²) in [6.07, 6.45) is 0. The zero-order chi connectivity index (χ0) is 45.8. The summed E-state index contributed by atoms with van der Waals surface area (Å²) in [5.41, 5.74) is 22.5. The second kappa shape index (κ2) is 16.5. The highest BCUT2D eigenvalue weighted by atomic mass is 15.1. The topological polar surface area (TPSA) is 3.24 Å². The highest BCUT2D eigenvalue weighted by Gasteiger charge is 2.56. The van der Waals surface area contributed by atoms with E-state index in [1.54, 1.807) is 0 Å². The van der Waals surface area contributed by atoms with Gasteiger partial charge in [-0.15, -0.1) is 0 Å². The number of benzene rings is 11. The fourth-order valence-electron chi connectivity index (χ4n) is 11.9. The third-order valence-electron chi connectivity index (χ3n) is 14.9. The van der Waals surface area contributed by atoms with Crippen LogP contribution < -0.4 is 4.90 Å². The Morgan fingerprint density at radius 3 is 0.942 bits per heavy atom. The van der Waals surface area contributed by atoms with Crippen molar-refractivity contribution in [2.24, 2.45) is 0 Å². The number of hydrogen-bond donors (Lipinski definition) is 0. The molecule has 0 bridgehead atoms. The van der Waals surface area contributed by atoms with Crippen molar-refractivity contribution in [2.75, 3.05) is 4.90 Å². The maximum Gasteiger partial charge on any atom is 0.0720 e. The lowest BCUT2D eigenvalue weighted by Crippen LogP contribution is -2.44. The van der Waals surface area contributed by atoms with Crippen LogP contribution in [0.25, 0.3) is 44.5 Å². The van der Waals surface area contributed by atoms with Gasteiger partial charge < -0.3 is 4.90 Å². The summed E-state index contributed by atoms with van der Waals surface area (Å²) in [5, 5.41) is 0. The van der Waals surface area contributed by atoms with Crippen LogP contribution in [-0.4, -0.2) is 0 Å². The lowest BCUT2D eigenvalue weighted by molar-refractivity contribution is 0.623. The molecule has 0 N–H and O–H groups in total. The molecule has 1 spiro atoms. The Balaban J connectivity index is 0.938. The molecule has 0 aliphatic heterocycles. The summed E-state index contributed by atoms with van der Waals surface area (Å²) in [7, 11) is 0. The Morgan fingerprint density at radius 1 is 0.203 bits per heavy atom. The molecule has 0 atom stereocenters. The maximum absolute atomic E-state index is 2.45. The van der Waals surface area contributed by atoms with Crippen LogP contribution in [0.3, 0.4) is 0 Å². The van der Waals surface area contributed by atoms with Gasteiger partial charge in [-0.2, -0.15) is 0 Å². The van der Waals surface area contributed by atoms with Crippen molar-refractivity contribution >= 4 is 17.1 Å². The van der Waals surface area contributed by atoms with Crippen LogP contribution in [0.5, 0.6) is 0 Å². The van der Waals surface area contributed by atoms with Gasteiger partial charge in [0, 0.05) is 17.1 Å². The zero-order valence-electron chi connectivity index (χ0n) is 38.1. The van der Waals surface area contributed by atoms with E-state index in [-0.39, 0.29) is 0 Å². The molecule has 0 unspecified atom stereocenters. The van der Waals surface area contributed by atoms with Crippen molar-refractivity contribution in [1.29, 1.82) is 0 Å². The minimum atomic E-state index is -0.527. The van der Waals surface area contributed by atoms with Gasteiger partial charge in [-0.05, 0) is 131 Å². The van der Waals surface area contributed by atoms with Crippen LogP contribution in [0.4, 0.5) is 17.1 Å². The van der Waals surface area contributed by atoms with E-state index in [0.29, 0.717) is 0 Å². The highest BCUT2D eigenvalue weighted by molar-refractivity contribution is 5.92. The molecule has 0 heterocycles. The molecule has 0 amide bonds. The van der Waals surface area contributed by atoms with Gasteiger partial charge in [-0.1, -0.05) is 243 Å². The molecule has 0 aromatic heterocycles. The number of nitrogens with zero attached hydrogens (tertiary/aromatic N) is 1. The Morgan fingerprint density at radius 2 is 0.507 bits per heavy atom. The lowest BCUT2D eigenvalue weighted by Gasteiger charge is -2.50. The van der Waals surface area contributed by atoms with Crippen LogP contribution >= 0.6 is 0 Å². The van der Waals surface area contributed by atoms with Gasteiger partial charge in [0.1, 0.15) is 0 Å². The van der Waals surface area contributed by atoms with Crippen LogP contribution in [0.15, 0.2) is 285 Å². The third kappa shape index (κ3) is 6.32. The van der Waals surface area contributed by atoms with E-state index in [4.69, 9.17) is 0 Å². The fraction of sp³-hybridized carbons (Fsp3) is 0.0294. The smallest absolute Gasteiger partial charge is 0.0720 e. The van der Waals surface area contributed by atoms with Crippen LogP contribution in [0, 0.1) is 0 Å². The van der Waals surface area contributed by atoms with Crippen molar-refractivity contribution < 1.29 is 0 Å². The first kappa shape index (κ1) is 40.5. The molecule has 69 heavy (non-hydrogen) atoms. The van der Waals surface area contributed by atoms with E-state index in [1.807, 2.05) is 0 Å².